The van der Waals surface area contributed by atoms with Crippen LogP contribution in [0, 0.1) is 6.92 Å². The molecule has 1 rings (SSSR count). The molecule has 1 aromatic rings. The fraction of sp³-hybridized carbons (Fsp3) is 0.308. The molecule has 0 heterocycles. The van der Waals surface area contributed by atoms with Gasteiger partial charge in [0.15, 0.2) is 5.78 Å². The molecule has 15 heavy (non-hydrogen) atoms. The van der Waals surface area contributed by atoms with Gasteiger partial charge in [-0.25, -0.2) is 0 Å². The Morgan fingerprint density at radius 1 is 1.47 bits per heavy atom. The van der Waals surface area contributed by atoms with Crippen LogP contribution in [-0.4, -0.2) is 12.3 Å². The molecule has 0 aromatic heterocycles. The second-order valence-electron chi connectivity index (χ2n) is 3.61. The summed E-state index contributed by atoms with van der Waals surface area (Å²) in [5, 5.41) is 0. The molecular weight excluding hydrogens is 186 g/mol. The van der Waals surface area contributed by atoms with Crippen molar-refractivity contribution in [3.8, 4) is 0 Å². The predicted octanol–water partition coefficient (Wildman–Crippen LogP) is 2.56. The minimum Gasteiger partial charge on any atom is -0.330 e. The third-order valence-electron chi connectivity index (χ3n) is 2.31. The van der Waals surface area contributed by atoms with Crippen LogP contribution in [0.4, 0.5) is 0 Å². The summed E-state index contributed by atoms with van der Waals surface area (Å²) < 4.78 is 0. The van der Waals surface area contributed by atoms with Gasteiger partial charge in [0.05, 0.1) is 0 Å². The van der Waals surface area contributed by atoms with Crippen molar-refractivity contribution in [3.05, 3.63) is 41.0 Å². The monoisotopic (exact) mass is 203 g/mol. The molecule has 0 radical (unpaired) electrons. The first-order valence-corrected chi connectivity index (χ1v) is 5.13. The normalized spacial score (nSPS) is 10.9. The van der Waals surface area contributed by atoms with Gasteiger partial charge in [0.2, 0.25) is 0 Å². The Bertz CT molecular complexity index is 380. The molecule has 0 aliphatic heterocycles. The van der Waals surface area contributed by atoms with Crippen molar-refractivity contribution in [2.45, 2.75) is 20.3 Å². The van der Waals surface area contributed by atoms with Gasteiger partial charge in [-0.05, 0) is 44.0 Å². The van der Waals surface area contributed by atoms with E-state index in [1.54, 1.807) is 6.92 Å². The van der Waals surface area contributed by atoms with Gasteiger partial charge in [0.25, 0.3) is 0 Å². The molecule has 0 atom stereocenters. The SMILES string of the molecule is CC(=O)c1ccc(C=CCCN)c(C)c1. The van der Waals surface area contributed by atoms with E-state index >= 15 is 0 Å². The Kier molecular flexibility index (Phi) is 4.25. The van der Waals surface area contributed by atoms with Crippen LogP contribution in [0.15, 0.2) is 24.3 Å². The van der Waals surface area contributed by atoms with Crippen LogP contribution in [0.2, 0.25) is 0 Å². The van der Waals surface area contributed by atoms with E-state index in [0.717, 1.165) is 23.1 Å². The molecule has 0 saturated heterocycles. The maximum atomic E-state index is 11.1. The van der Waals surface area contributed by atoms with E-state index in [-0.39, 0.29) is 5.78 Å². The van der Waals surface area contributed by atoms with E-state index in [0.29, 0.717) is 6.54 Å². The quantitative estimate of drug-likeness (QED) is 0.764. The van der Waals surface area contributed by atoms with Crippen molar-refractivity contribution in [2.24, 2.45) is 5.73 Å². The van der Waals surface area contributed by atoms with Gasteiger partial charge in [0, 0.05) is 5.56 Å². The Morgan fingerprint density at radius 3 is 2.73 bits per heavy atom. The van der Waals surface area contributed by atoms with Crippen molar-refractivity contribution in [2.75, 3.05) is 6.54 Å². The lowest BCUT2D eigenvalue weighted by molar-refractivity contribution is 0.101. The van der Waals surface area contributed by atoms with Gasteiger partial charge in [-0.1, -0.05) is 24.3 Å². The highest BCUT2D eigenvalue weighted by atomic mass is 16.1. The molecule has 0 spiro atoms. The molecule has 0 fully saturated rings. The van der Waals surface area contributed by atoms with Crippen molar-refractivity contribution in [1.29, 1.82) is 0 Å². The van der Waals surface area contributed by atoms with E-state index in [9.17, 15) is 4.79 Å². The molecular formula is C13H17NO. The van der Waals surface area contributed by atoms with Gasteiger partial charge in [0.1, 0.15) is 0 Å². The van der Waals surface area contributed by atoms with Crippen molar-refractivity contribution in [1.82, 2.24) is 0 Å². The molecule has 80 valence electrons. The molecule has 2 N–H and O–H groups in total. The van der Waals surface area contributed by atoms with Gasteiger partial charge in [-0.15, -0.1) is 0 Å². The van der Waals surface area contributed by atoms with E-state index in [2.05, 4.69) is 6.08 Å². The lowest BCUT2D eigenvalue weighted by atomic mass is 10.0. The maximum Gasteiger partial charge on any atom is 0.159 e. The van der Waals surface area contributed by atoms with E-state index in [4.69, 9.17) is 5.73 Å². The largest absolute Gasteiger partial charge is 0.330 e. The van der Waals surface area contributed by atoms with Crippen LogP contribution < -0.4 is 5.73 Å². The standard InChI is InChI=1S/C13H17NO/c1-10-9-13(11(2)15)7-6-12(10)5-3-4-8-14/h3,5-7,9H,4,8,14H2,1-2H3. The van der Waals surface area contributed by atoms with Crippen LogP contribution in [0.25, 0.3) is 6.08 Å². The topological polar surface area (TPSA) is 43.1 Å². The number of hydrogen-bond donors (Lipinski definition) is 1. The smallest absolute Gasteiger partial charge is 0.159 e. The number of aryl methyl sites for hydroxylation is 1. The molecule has 0 bridgehead atoms. The summed E-state index contributed by atoms with van der Waals surface area (Å²) in [4.78, 5) is 11.1. The number of benzene rings is 1. The zero-order valence-corrected chi connectivity index (χ0v) is 9.29. The summed E-state index contributed by atoms with van der Waals surface area (Å²) in [6, 6.07) is 5.75. The van der Waals surface area contributed by atoms with Crippen LogP contribution in [0.3, 0.4) is 0 Å². The van der Waals surface area contributed by atoms with E-state index in [1.165, 1.54) is 0 Å². The van der Waals surface area contributed by atoms with E-state index < -0.39 is 0 Å². The van der Waals surface area contributed by atoms with Crippen LogP contribution in [-0.2, 0) is 0 Å². The Hall–Kier alpha value is -1.41. The number of hydrogen-bond acceptors (Lipinski definition) is 2. The number of carbonyl (C=O) groups is 1. The number of rotatable bonds is 4. The number of Topliss-reactive ketones (excluding diaryl/α,β-unsaturated/α-hetero) is 1. The summed E-state index contributed by atoms with van der Waals surface area (Å²) in [5.74, 6) is 0.107. The lowest BCUT2D eigenvalue weighted by Crippen LogP contribution is -1.95. The lowest BCUT2D eigenvalue weighted by Gasteiger charge is -2.02. The second kappa shape index (κ2) is 5.47. The van der Waals surface area contributed by atoms with E-state index in [1.807, 2.05) is 31.2 Å². The number of carbonyl (C=O) groups excluding carboxylic acids is 1. The summed E-state index contributed by atoms with van der Waals surface area (Å²) in [5.41, 5.74) is 8.43. The van der Waals surface area contributed by atoms with Gasteiger partial charge in [-0.2, -0.15) is 0 Å². The molecule has 0 saturated carbocycles. The minimum atomic E-state index is 0.107. The molecule has 0 aliphatic carbocycles. The van der Waals surface area contributed by atoms with Gasteiger partial charge >= 0.3 is 0 Å². The molecule has 2 heteroatoms. The van der Waals surface area contributed by atoms with Gasteiger partial charge in [-0.3, -0.25) is 4.79 Å². The predicted molar refractivity (Wildman–Crippen MR) is 63.9 cm³/mol. The number of nitrogens with two attached hydrogens (primary N) is 1. The minimum absolute atomic E-state index is 0.107. The van der Waals surface area contributed by atoms with Crippen molar-refractivity contribution in [3.63, 3.8) is 0 Å². The molecule has 1 aromatic carbocycles. The van der Waals surface area contributed by atoms with Crippen LogP contribution >= 0.6 is 0 Å². The second-order valence-corrected chi connectivity index (χ2v) is 3.61. The summed E-state index contributed by atoms with van der Waals surface area (Å²) in [7, 11) is 0. The zero-order chi connectivity index (χ0) is 11.3. The van der Waals surface area contributed by atoms with Gasteiger partial charge < -0.3 is 5.73 Å². The first-order chi connectivity index (χ1) is 7.15. The molecule has 0 amide bonds. The Labute approximate surface area is 90.8 Å². The van der Waals surface area contributed by atoms with Crippen LogP contribution in [0.1, 0.15) is 34.8 Å². The fourth-order valence-electron chi connectivity index (χ4n) is 1.39. The third-order valence-corrected chi connectivity index (χ3v) is 2.31. The Balaban J connectivity index is 2.88. The average molecular weight is 203 g/mol. The van der Waals surface area contributed by atoms with Crippen molar-refractivity contribution >= 4 is 11.9 Å². The molecule has 2 nitrogen and oxygen atoms in total. The highest BCUT2D eigenvalue weighted by molar-refractivity contribution is 5.94. The summed E-state index contributed by atoms with van der Waals surface area (Å²) in [6.45, 7) is 4.26. The summed E-state index contributed by atoms with van der Waals surface area (Å²) in [6.07, 6.45) is 4.98. The highest BCUT2D eigenvalue weighted by Crippen LogP contribution is 2.13. The summed E-state index contributed by atoms with van der Waals surface area (Å²) >= 11 is 0. The maximum absolute atomic E-state index is 11.1. The fourth-order valence-corrected chi connectivity index (χ4v) is 1.39. The molecule has 0 aliphatic rings. The average Bonchev–Trinajstić information content (AvgIpc) is 2.20. The highest BCUT2D eigenvalue weighted by Gasteiger charge is 2.00. The number of ketones is 1. The van der Waals surface area contributed by atoms with Crippen molar-refractivity contribution < 1.29 is 4.79 Å². The first kappa shape index (κ1) is 11.7. The first-order valence-electron chi connectivity index (χ1n) is 5.13. The zero-order valence-electron chi connectivity index (χ0n) is 9.29. The third kappa shape index (κ3) is 3.33. The van der Waals surface area contributed by atoms with Crippen LogP contribution in [0.5, 0.6) is 0 Å². The Morgan fingerprint density at radius 2 is 2.20 bits per heavy atom. The molecule has 0 unspecified atom stereocenters.